The maximum absolute atomic E-state index is 12.6. The third-order valence-corrected chi connectivity index (χ3v) is 4.37. The van der Waals surface area contributed by atoms with E-state index in [1.807, 2.05) is 4.90 Å². The van der Waals surface area contributed by atoms with E-state index in [1.165, 1.54) is 0 Å². The van der Waals surface area contributed by atoms with Crippen molar-refractivity contribution in [3.05, 3.63) is 12.3 Å². The molecule has 3 rings (SSSR count). The predicted octanol–water partition coefficient (Wildman–Crippen LogP) is 0.439. The van der Waals surface area contributed by atoms with Gasteiger partial charge < -0.3 is 19.6 Å². The van der Waals surface area contributed by atoms with Crippen LogP contribution >= 0.6 is 0 Å². The molecule has 2 fully saturated rings. The summed E-state index contributed by atoms with van der Waals surface area (Å²) in [6.45, 7) is 2.45. The van der Waals surface area contributed by atoms with Gasteiger partial charge in [0.1, 0.15) is 0 Å². The van der Waals surface area contributed by atoms with Crippen LogP contribution in [0.15, 0.2) is 12.3 Å². The SMILES string of the molecule is COc1ccnc(N2CCCC(O)(C(=O)N3CCCC3)C2)n1. The van der Waals surface area contributed by atoms with E-state index in [0.717, 1.165) is 38.9 Å². The zero-order chi connectivity index (χ0) is 15.6. The van der Waals surface area contributed by atoms with Crippen LogP contribution in [0.25, 0.3) is 0 Å². The first-order valence-corrected chi connectivity index (χ1v) is 7.76. The lowest BCUT2D eigenvalue weighted by atomic mass is 9.91. The smallest absolute Gasteiger partial charge is 0.256 e. The van der Waals surface area contributed by atoms with Gasteiger partial charge in [-0.1, -0.05) is 0 Å². The van der Waals surface area contributed by atoms with Gasteiger partial charge in [-0.25, -0.2) is 4.98 Å². The molecule has 3 heterocycles. The van der Waals surface area contributed by atoms with Gasteiger partial charge in [0.05, 0.1) is 13.7 Å². The molecule has 1 atom stereocenters. The van der Waals surface area contributed by atoms with Gasteiger partial charge in [-0.15, -0.1) is 0 Å². The number of anilines is 1. The van der Waals surface area contributed by atoms with Crippen molar-refractivity contribution < 1.29 is 14.6 Å². The molecule has 0 bridgehead atoms. The van der Waals surface area contributed by atoms with E-state index in [-0.39, 0.29) is 12.5 Å². The average Bonchev–Trinajstić information content (AvgIpc) is 3.08. The third-order valence-electron chi connectivity index (χ3n) is 4.37. The second-order valence-corrected chi connectivity index (χ2v) is 5.96. The quantitative estimate of drug-likeness (QED) is 0.873. The van der Waals surface area contributed by atoms with Crippen molar-refractivity contribution in [2.75, 3.05) is 38.2 Å². The summed E-state index contributed by atoms with van der Waals surface area (Å²) < 4.78 is 5.11. The maximum Gasteiger partial charge on any atom is 0.256 e. The molecule has 7 heteroatoms. The average molecular weight is 306 g/mol. The molecule has 0 spiro atoms. The standard InChI is InChI=1S/C15H22N4O3/c1-22-12-5-7-16-14(17-12)19-10-4-6-15(21,11-19)13(20)18-8-2-3-9-18/h5,7,21H,2-4,6,8-11H2,1H3. The Morgan fingerprint density at radius 3 is 2.82 bits per heavy atom. The van der Waals surface area contributed by atoms with Crippen molar-refractivity contribution >= 4 is 11.9 Å². The number of likely N-dealkylation sites (tertiary alicyclic amines) is 1. The second-order valence-electron chi connectivity index (χ2n) is 5.96. The molecule has 1 unspecified atom stereocenters. The summed E-state index contributed by atoms with van der Waals surface area (Å²) in [4.78, 5) is 24.8. The van der Waals surface area contributed by atoms with Gasteiger partial charge in [-0.3, -0.25) is 4.79 Å². The Hall–Kier alpha value is -1.89. The fourth-order valence-corrected chi connectivity index (χ4v) is 3.19. The van der Waals surface area contributed by atoms with E-state index >= 15 is 0 Å². The molecule has 2 saturated heterocycles. The molecule has 0 aliphatic carbocycles. The van der Waals surface area contributed by atoms with Gasteiger partial charge in [-0.05, 0) is 25.7 Å². The first-order chi connectivity index (χ1) is 10.6. The molecule has 1 amide bonds. The first kappa shape index (κ1) is 15.0. The lowest BCUT2D eigenvalue weighted by Gasteiger charge is -2.39. The number of ether oxygens (including phenoxy) is 1. The summed E-state index contributed by atoms with van der Waals surface area (Å²) in [7, 11) is 1.55. The van der Waals surface area contributed by atoms with Crippen LogP contribution in [-0.2, 0) is 4.79 Å². The number of methoxy groups -OCH3 is 1. The van der Waals surface area contributed by atoms with E-state index in [4.69, 9.17) is 4.74 Å². The Morgan fingerprint density at radius 2 is 2.09 bits per heavy atom. The number of carbonyl (C=O) groups excluding carboxylic acids is 1. The van der Waals surface area contributed by atoms with Crippen LogP contribution in [0.4, 0.5) is 5.95 Å². The Morgan fingerprint density at radius 1 is 1.32 bits per heavy atom. The normalized spacial score (nSPS) is 25.4. The van der Waals surface area contributed by atoms with E-state index < -0.39 is 5.60 Å². The van der Waals surface area contributed by atoms with Gasteiger partial charge in [0.15, 0.2) is 5.60 Å². The number of rotatable bonds is 3. The van der Waals surface area contributed by atoms with Crippen molar-refractivity contribution in [1.82, 2.24) is 14.9 Å². The molecular formula is C15H22N4O3. The van der Waals surface area contributed by atoms with Gasteiger partial charge in [0.25, 0.3) is 5.91 Å². The van der Waals surface area contributed by atoms with Gasteiger partial charge in [-0.2, -0.15) is 4.98 Å². The lowest BCUT2D eigenvalue weighted by molar-refractivity contribution is -0.151. The number of hydrogen-bond donors (Lipinski definition) is 1. The second kappa shape index (κ2) is 6.08. The zero-order valence-electron chi connectivity index (χ0n) is 12.9. The number of carbonyl (C=O) groups is 1. The van der Waals surface area contributed by atoms with Gasteiger partial charge in [0.2, 0.25) is 11.8 Å². The number of piperidine rings is 1. The zero-order valence-corrected chi connectivity index (χ0v) is 12.9. The van der Waals surface area contributed by atoms with Crippen LogP contribution in [-0.4, -0.2) is 64.8 Å². The van der Waals surface area contributed by atoms with Crippen molar-refractivity contribution in [3.8, 4) is 5.88 Å². The number of aromatic nitrogens is 2. The summed E-state index contributed by atoms with van der Waals surface area (Å²) in [6, 6.07) is 1.68. The van der Waals surface area contributed by atoms with Crippen LogP contribution in [0.3, 0.4) is 0 Å². The number of β-amino-alcohol motifs (C(OH)–C–C–N with tert-alkyl or cyclic N) is 1. The highest BCUT2D eigenvalue weighted by molar-refractivity contribution is 5.86. The lowest BCUT2D eigenvalue weighted by Crippen LogP contribution is -2.58. The maximum atomic E-state index is 12.6. The molecule has 1 aromatic rings. The molecule has 2 aliphatic heterocycles. The minimum Gasteiger partial charge on any atom is -0.481 e. The minimum atomic E-state index is -1.34. The molecule has 22 heavy (non-hydrogen) atoms. The molecule has 1 aromatic heterocycles. The largest absolute Gasteiger partial charge is 0.481 e. The fourth-order valence-electron chi connectivity index (χ4n) is 3.19. The molecule has 0 saturated carbocycles. The van der Waals surface area contributed by atoms with Crippen molar-refractivity contribution in [2.24, 2.45) is 0 Å². The molecule has 1 N–H and O–H groups in total. The molecule has 7 nitrogen and oxygen atoms in total. The molecular weight excluding hydrogens is 284 g/mol. The van der Waals surface area contributed by atoms with Crippen LogP contribution in [0, 0.1) is 0 Å². The van der Waals surface area contributed by atoms with E-state index in [0.29, 0.717) is 18.2 Å². The first-order valence-electron chi connectivity index (χ1n) is 7.76. The predicted molar refractivity (Wildman–Crippen MR) is 80.8 cm³/mol. The Bertz CT molecular complexity index is 547. The van der Waals surface area contributed by atoms with Gasteiger partial charge in [0, 0.05) is 31.9 Å². The summed E-state index contributed by atoms with van der Waals surface area (Å²) in [5.41, 5.74) is -1.34. The Balaban J connectivity index is 1.76. The molecule has 0 radical (unpaired) electrons. The summed E-state index contributed by atoms with van der Waals surface area (Å²) in [6.07, 6.45) is 4.88. The molecule has 0 aromatic carbocycles. The highest BCUT2D eigenvalue weighted by Gasteiger charge is 2.43. The van der Waals surface area contributed by atoms with Gasteiger partial charge >= 0.3 is 0 Å². The van der Waals surface area contributed by atoms with Crippen LogP contribution < -0.4 is 9.64 Å². The Labute approximate surface area is 129 Å². The van der Waals surface area contributed by atoms with E-state index in [2.05, 4.69) is 9.97 Å². The highest BCUT2D eigenvalue weighted by atomic mass is 16.5. The summed E-state index contributed by atoms with van der Waals surface area (Å²) in [5, 5.41) is 10.8. The van der Waals surface area contributed by atoms with Crippen LogP contribution in [0.1, 0.15) is 25.7 Å². The third kappa shape index (κ3) is 2.85. The summed E-state index contributed by atoms with van der Waals surface area (Å²) >= 11 is 0. The van der Waals surface area contributed by atoms with Crippen molar-refractivity contribution in [3.63, 3.8) is 0 Å². The number of nitrogens with zero attached hydrogens (tertiary/aromatic N) is 4. The van der Waals surface area contributed by atoms with E-state index in [1.54, 1.807) is 24.3 Å². The van der Waals surface area contributed by atoms with Crippen molar-refractivity contribution in [1.29, 1.82) is 0 Å². The monoisotopic (exact) mass is 306 g/mol. The van der Waals surface area contributed by atoms with Crippen molar-refractivity contribution in [2.45, 2.75) is 31.3 Å². The number of aliphatic hydroxyl groups is 1. The Kier molecular flexibility index (Phi) is 4.15. The minimum absolute atomic E-state index is 0.155. The van der Waals surface area contributed by atoms with E-state index in [9.17, 15) is 9.90 Å². The number of hydrogen-bond acceptors (Lipinski definition) is 6. The highest BCUT2D eigenvalue weighted by Crippen LogP contribution is 2.27. The molecule has 120 valence electrons. The molecule has 2 aliphatic rings. The van der Waals surface area contributed by atoms with Crippen LogP contribution in [0.2, 0.25) is 0 Å². The fraction of sp³-hybridized carbons (Fsp3) is 0.667. The topological polar surface area (TPSA) is 78.8 Å². The summed E-state index contributed by atoms with van der Waals surface area (Å²) in [5.74, 6) is 0.814. The van der Waals surface area contributed by atoms with Crippen LogP contribution in [0.5, 0.6) is 5.88 Å². The number of amides is 1.